The standard InChI is InChI=1S/C6H9BNO2.H2/c1-7-4-2-3-5(9)8-6(4)10;/h4H,2-3H2,1H3,(H,8,9,10);1H. The summed E-state index contributed by atoms with van der Waals surface area (Å²) in [5, 5.41) is 2.27. The van der Waals surface area contributed by atoms with E-state index < -0.39 is 0 Å². The van der Waals surface area contributed by atoms with Gasteiger partial charge in [-0.2, -0.15) is 0 Å². The van der Waals surface area contributed by atoms with Crippen molar-refractivity contribution in [1.82, 2.24) is 5.32 Å². The lowest BCUT2D eigenvalue weighted by atomic mass is 9.63. The van der Waals surface area contributed by atoms with Crippen molar-refractivity contribution in [2.75, 3.05) is 0 Å². The molecule has 10 heavy (non-hydrogen) atoms. The normalized spacial score (nSPS) is 25.9. The van der Waals surface area contributed by atoms with Crippen LogP contribution < -0.4 is 5.32 Å². The molecule has 0 spiro atoms. The average molecular weight is 140 g/mol. The number of carbonyl (C=O) groups excluding carboxylic acids is 2. The highest BCUT2D eigenvalue weighted by molar-refractivity contribution is 6.43. The van der Waals surface area contributed by atoms with Crippen LogP contribution >= 0.6 is 0 Å². The third-order valence-corrected chi connectivity index (χ3v) is 1.68. The summed E-state index contributed by atoms with van der Waals surface area (Å²) >= 11 is 0. The first-order valence-electron chi connectivity index (χ1n) is 3.37. The Labute approximate surface area is 61.9 Å². The number of amides is 2. The van der Waals surface area contributed by atoms with Gasteiger partial charge in [0.15, 0.2) is 0 Å². The van der Waals surface area contributed by atoms with E-state index in [4.69, 9.17) is 0 Å². The minimum atomic E-state index is -0.154. The van der Waals surface area contributed by atoms with Crippen LogP contribution in [0.1, 0.15) is 14.3 Å². The van der Waals surface area contributed by atoms with E-state index in [2.05, 4.69) is 5.32 Å². The van der Waals surface area contributed by atoms with Gasteiger partial charge in [-0.15, -0.1) is 0 Å². The second-order valence-electron chi connectivity index (χ2n) is 2.39. The molecule has 1 fully saturated rings. The lowest BCUT2D eigenvalue weighted by Gasteiger charge is -2.18. The molecular weight excluding hydrogens is 129 g/mol. The Kier molecular flexibility index (Phi) is 2.09. The molecule has 0 aromatic rings. The van der Waals surface area contributed by atoms with Gasteiger partial charge >= 0.3 is 0 Å². The molecule has 2 amide bonds. The highest BCUT2D eigenvalue weighted by Gasteiger charge is 2.24. The first kappa shape index (κ1) is 7.31. The number of carbonyl (C=O) groups is 2. The van der Waals surface area contributed by atoms with E-state index in [0.717, 1.165) is 0 Å². The van der Waals surface area contributed by atoms with Crippen LogP contribution in [0.5, 0.6) is 0 Å². The highest BCUT2D eigenvalue weighted by atomic mass is 16.2. The lowest BCUT2D eigenvalue weighted by Crippen LogP contribution is -2.39. The zero-order chi connectivity index (χ0) is 7.56. The number of rotatable bonds is 1. The van der Waals surface area contributed by atoms with E-state index in [9.17, 15) is 9.59 Å². The molecule has 4 heteroatoms. The third kappa shape index (κ3) is 1.37. The molecule has 0 aliphatic carbocycles. The molecule has 1 saturated heterocycles. The number of hydrogen-bond acceptors (Lipinski definition) is 2. The predicted octanol–water partition coefficient (Wildman–Crippen LogP) is 0.210. The van der Waals surface area contributed by atoms with Crippen molar-refractivity contribution in [2.24, 2.45) is 0 Å². The first-order valence-corrected chi connectivity index (χ1v) is 3.37. The topological polar surface area (TPSA) is 46.2 Å². The Balaban J connectivity index is 0.000001000. The molecule has 3 nitrogen and oxygen atoms in total. The smallest absolute Gasteiger partial charge is 0.226 e. The van der Waals surface area contributed by atoms with Crippen molar-refractivity contribution in [3.63, 3.8) is 0 Å². The van der Waals surface area contributed by atoms with Gasteiger partial charge in [-0.05, 0) is 6.42 Å². The molecule has 1 rings (SSSR count). The van der Waals surface area contributed by atoms with E-state index in [0.29, 0.717) is 12.8 Å². The largest absolute Gasteiger partial charge is 0.297 e. The molecule has 1 unspecified atom stereocenters. The number of nitrogens with one attached hydrogen (secondary N) is 1. The Morgan fingerprint density at radius 2 is 2.40 bits per heavy atom. The van der Waals surface area contributed by atoms with Gasteiger partial charge in [0.25, 0.3) is 0 Å². The number of hydrogen-bond donors (Lipinski definition) is 1. The quantitative estimate of drug-likeness (QED) is 0.418. The van der Waals surface area contributed by atoms with Crippen LogP contribution in [0.25, 0.3) is 0 Å². The molecule has 0 bridgehead atoms. The summed E-state index contributed by atoms with van der Waals surface area (Å²) in [6.07, 6.45) is 1.14. The van der Waals surface area contributed by atoms with Crippen molar-refractivity contribution in [3.05, 3.63) is 0 Å². The molecule has 0 saturated carbocycles. The van der Waals surface area contributed by atoms with Crippen LogP contribution in [-0.4, -0.2) is 19.1 Å². The fourth-order valence-corrected chi connectivity index (χ4v) is 1.03. The summed E-state index contributed by atoms with van der Waals surface area (Å²) in [6, 6.07) is 0. The van der Waals surface area contributed by atoms with E-state index in [1.165, 1.54) is 0 Å². The van der Waals surface area contributed by atoms with Crippen LogP contribution in [-0.2, 0) is 9.59 Å². The van der Waals surface area contributed by atoms with Crippen molar-refractivity contribution >= 4 is 19.1 Å². The second kappa shape index (κ2) is 2.86. The summed E-state index contributed by atoms with van der Waals surface area (Å²) in [4.78, 5) is 21.5. The third-order valence-electron chi connectivity index (χ3n) is 1.68. The molecule has 1 aliphatic rings. The fraction of sp³-hybridized carbons (Fsp3) is 0.667. The van der Waals surface area contributed by atoms with Crippen molar-refractivity contribution in [1.29, 1.82) is 0 Å². The van der Waals surface area contributed by atoms with E-state index in [-0.39, 0.29) is 19.1 Å². The monoisotopic (exact) mass is 140 g/mol. The van der Waals surface area contributed by atoms with Crippen LogP contribution in [0.3, 0.4) is 0 Å². The molecule has 1 atom stereocenters. The predicted molar refractivity (Wildman–Crippen MR) is 39.9 cm³/mol. The first-order chi connectivity index (χ1) is 4.74. The summed E-state index contributed by atoms with van der Waals surface area (Å²) in [7, 11) is 1.82. The van der Waals surface area contributed by atoms with Gasteiger partial charge in [0.1, 0.15) is 7.28 Å². The van der Waals surface area contributed by atoms with E-state index >= 15 is 0 Å². The van der Waals surface area contributed by atoms with Crippen LogP contribution in [0.15, 0.2) is 0 Å². The molecule has 0 aromatic heterocycles. The zero-order valence-electron chi connectivity index (χ0n) is 5.89. The summed E-state index contributed by atoms with van der Waals surface area (Å²) in [6.45, 7) is 1.83. The summed E-state index contributed by atoms with van der Waals surface area (Å²) < 4.78 is 0. The molecule has 1 heterocycles. The van der Waals surface area contributed by atoms with Gasteiger partial charge in [0.2, 0.25) is 11.8 Å². The summed E-state index contributed by atoms with van der Waals surface area (Å²) in [5.41, 5.74) is 0. The Morgan fingerprint density at radius 3 is 2.90 bits per heavy atom. The minimum absolute atomic E-state index is 0. The molecule has 1 N–H and O–H groups in total. The van der Waals surface area contributed by atoms with Gasteiger partial charge in [0, 0.05) is 13.7 Å². The van der Waals surface area contributed by atoms with Crippen molar-refractivity contribution in [2.45, 2.75) is 25.5 Å². The second-order valence-corrected chi connectivity index (χ2v) is 2.39. The SMILES string of the molecule is C[B]C1CCC(=O)NC1=O.[HH]. The van der Waals surface area contributed by atoms with Crippen LogP contribution in [0.4, 0.5) is 0 Å². The Bertz CT molecular complexity index is 174. The molecule has 1 radical (unpaired) electrons. The lowest BCUT2D eigenvalue weighted by molar-refractivity contribution is -0.132. The van der Waals surface area contributed by atoms with Gasteiger partial charge in [0.05, 0.1) is 0 Å². The van der Waals surface area contributed by atoms with Gasteiger partial charge in [-0.25, -0.2) is 0 Å². The van der Waals surface area contributed by atoms with Crippen LogP contribution in [0, 0.1) is 0 Å². The maximum atomic E-state index is 10.9. The minimum Gasteiger partial charge on any atom is -0.297 e. The molecule has 0 aromatic carbocycles. The van der Waals surface area contributed by atoms with Gasteiger partial charge in [-0.1, -0.05) is 6.82 Å². The zero-order valence-corrected chi connectivity index (χ0v) is 5.89. The fourth-order valence-electron chi connectivity index (χ4n) is 1.03. The molecule has 1 aliphatic heterocycles. The maximum Gasteiger partial charge on any atom is 0.226 e. The van der Waals surface area contributed by atoms with E-state index in [1.54, 1.807) is 0 Å². The van der Waals surface area contributed by atoms with Crippen molar-refractivity contribution in [3.8, 4) is 0 Å². The maximum absolute atomic E-state index is 10.9. The number of piperidine rings is 1. The highest BCUT2D eigenvalue weighted by Crippen LogP contribution is 2.15. The Morgan fingerprint density at radius 1 is 1.70 bits per heavy atom. The van der Waals surface area contributed by atoms with Crippen molar-refractivity contribution < 1.29 is 11.0 Å². The molecule has 55 valence electrons. The number of imide groups is 1. The average Bonchev–Trinajstić information content (AvgIpc) is 1.88. The molecular formula is C6H11BNO2. The van der Waals surface area contributed by atoms with Crippen LogP contribution in [0.2, 0.25) is 12.6 Å². The van der Waals surface area contributed by atoms with Gasteiger partial charge in [-0.3, -0.25) is 14.9 Å². The van der Waals surface area contributed by atoms with Gasteiger partial charge < -0.3 is 0 Å². The Hall–Kier alpha value is -0.795. The van der Waals surface area contributed by atoms with E-state index in [1.807, 2.05) is 14.1 Å². The summed E-state index contributed by atoms with van der Waals surface area (Å²) in [5.74, 6) is -0.362.